The topological polar surface area (TPSA) is 51.0 Å². The summed E-state index contributed by atoms with van der Waals surface area (Å²) in [6.07, 6.45) is 8.18. The molecule has 0 spiro atoms. The van der Waals surface area contributed by atoms with Crippen LogP contribution in [0, 0.1) is 0 Å². The summed E-state index contributed by atoms with van der Waals surface area (Å²) in [6.45, 7) is 2.61. The Morgan fingerprint density at radius 2 is 2.14 bits per heavy atom. The van der Waals surface area contributed by atoms with Crippen LogP contribution in [-0.4, -0.2) is 28.1 Å². The van der Waals surface area contributed by atoms with Crippen LogP contribution in [0.3, 0.4) is 0 Å². The minimum atomic E-state index is 0.00221. The molecule has 0 unspecified atom stereocenters. The number of nitrogens with one attached hydrogen (secondary N) is 2. The van der Waals surface area contributed by atoms with Gasteiger partial charge in [0.05, 0.1) is 0 Å². The minimum absolute atomic E-state index is 0.00221. The van der Waals surface area contributed by atoms with E-state index in [0.717, 1.165) is 37.2 Å². The Morgan fingerprint density at radius 3 is 2.86 bits per heavy atom. The summed E-state index contributed by atoms with van der Waals surface area (Å²) in [6, 6.07) is 6.31. The molecule has 1 amide bonds. The number of amides is 1. The maximum Gasteiger partial charge on any atom is 0.268 e. The van der Waals surface area contributed by atoms with E-state index in [0.29, 0.717) is 12.6 Å². The van der Waals surface area contributed by atoms with Crippen LogP contribution in [0.5, 0.6) is 0 Å². The average Bonchev–Trinajstić information content (AvgIpc) is 3.14. The first-order valence-electron chi connectivity index (χ1n) is 7.50. The summed E-state index contributed by atoms with van der Waals surface area (Å²) < 4.78 is 4.11. The smallest absolute Gasteiger partial charge is 0.268 e. The van der Waals surface area contributed by atoms with E-state index in [1.165, 1.54) is 0 Å². The van der Waals surface area contributed by atoms with Crippen molar-refractivity contribution in [1.82, 2.24) is 19.8 Å². The Bertz CT molecular complexity index is 607. The van der Waals surface area contributed by atoms with E-state index in [2.05, 4.69) is 15.2 Å². The number of aryl methyl sites for hydroxylation is 1. The quantitative estimate of drug-likeness (QED) is 0.898. The van der Waals surface area contributed by atoms with E-state index in [4.69, 9.17) is 0 Å². The zero-order valence-corrected chi connectivity index (χ0v) is 12.4. The van der Waals surface area contributed by atoms with Crippen LogP contribution in [0.2, 0.25) is 0 Å². The second-order valence-electron chi connectivity index (χ2n) is 5.65. The molecule has 0 aromatic carbocycles. The maximum absolute atomic E-state index is 12.4. The summed E-state index contributed by atoms with van der Waals surface area (Å²) in [5, 5.41) is 6.36. The highest BCUT2D eigenvalue weighted by Gasteiger charge is 2.19. The highest BCUT2D eigenvalue weighted by molar-refractivity contribution is 5.92. The Hall–Kier alpha value is -2.01. The van der Waals surface area contributed by atoms with E-state index < -0.39 is 0 Å². The molecule has 2 aromatic rings. The normalized spacial score (nSPS) is 16.0. The summed E-state index contributed by atoms with van der Waals surface area (Å²) in [5.74, 6) is 0.00221. The Morgan fingerprint density at radius 1 is 1.33 bits per heavy atom. The summed E-state index contributed by atoms with van der Waals surface area (Å²) in [7, 11) is 1.98. The highest BCUT2D eigenvalue weighted by atomic mass is 16.1. The molecular weight excluding hydrogens is 264 g/mol. The molecule has 0 radical (unpaired) electrons. The van der Waals surface area contributed by atoms with Gasteiger partial charge in [-0.05, 0) is 49.7 Å². The van der Waals surface area contributed by atoms with Gasteiger partial charge in [0.15, 0.2) is 0 Å². The molecule has 3 heterocycles. The number of aromatic nitrogens is 2. The molecule has 1 aliphatic rings. The molecule has 0 aliphatic carbocycles. The third-order valence-electron chi connectivity index (χ3n) is 4.06. The summed E-state index contributed by atoms with van der Waals surface area (Å²) in [4.78, 5) is 12.4. The van der Waals surface area contributed by atoms with Gasteiger partial charge < -0.3 is 19.8 Å². The van der Waals surface area contributed by atoms with Crippen molar-refractivity contribution in [2.75, 3.05) is 13.1 Å². The number of carbonyl (C=O) groups excluding carboxylic acids is 1. The van der Waals surface area contributed by atoms with Gasteiger partial charge in [-0.1, -0.05) is 0 Å². The SMILES string of the molecule is Cn1ccc(CNC(=O)c2cccn2C2CCNCC2)c1. The van der Waals surface area contributed by atoms with Gasteiger partial charge in [0.25, 0.3) is 5.91 Å². The fourth-order valence-corrected chi connectivity index (χ4v) is 2.93. The first-order valence-corrected chi connectivity index (χ1v) is 7.50. The van der Waals surface area contributed by atoms with E-state index >= 15 is 0 Å². The first-order chi connectivity index (χ1) is 10.2. The van der Waals surface area contributed by atoms with Gasteiger partial charge in [0, 0.05) is 38.2 Å². The van der Waals surface area contributed by atoms with Crippen LogP contribution in [0.15, 0.2) is 36.8 Å². The minimum Gasteiger partial charge on any atom is -0.357 e. The lowest BCUT2D eigenvalue weighted by atomic mass is 10.1. The molecule has 2 N–H and O–H groups in total. The molecule has 0 bridgehead atoms. The van der Waals surface area contributed by atoms with Crippen molar-refractivity contribution < 1.29 is 4.79 Å². The number of rotatable bonds is 4. The zero-order valence-electron chi connectivity index (χ0n) is 12.4. The van der Waals surface area contributed by atoms with E-state index in [-0.39, 0.29) is 5.91 Å². The van der Waals surface area contributed by atoms with Crippen LogP contribution in [0.25, 0.3) is 0 Å². The predicted molar refractivity (Wildman–Crippen MR) is 82.2 cm³/mol. The Balaban J connectivity index is 1.65. The van der Waals surface area contributed by atoms with Crippen LogP contribution < -0.4 is 10.6 Å². The third-order valence-corrected chi connectivity index (χ3v) is 4.06. The van der Waals surface area contributed by atoms with Crippen LogP contribution in [-0.2, 0) is 13.6 Å². The van der Waals surface area contributed by atoms with Crippen molar-refractivity contribution in [1.29, 1.82) is 0 Å². The van der Waals surface area contributed by atoms with Crippen LogP contribution >= 0.6 is 0 Å². The van der Waals surface area contributed by atoms with E-state index in [1.54, 1.807) is 0 Å². The van der Waals surface area contributed by atoms with Gasteiger partial charge in [0.1, 0.15) is 5.69 Å². The van der Waals surface area contributed by atoms with Crippen LogP contribution in [0.4, 0.5) is 0 Å². The third kappa shape index (κ3) is 3.19. The van der Waals surface area contributed by atoms with Gasteiger partial charge in [-0.3, -0.25) is 4.79 Å². The fourth-order valence-electron chi connectivity index (χ4n) is 2.93. The lowest BCUT2D eigenvalue weighted by Crippen LogP contribution is -2.32. The molecule has 1 saturated heterocycles. The molecule has 1 fully saturated rings. The predicted octanol–water partition coefficient (Wildman–Crippen LogP) is 1.68. The largest absolute Gasteiger partial charge is 0.357 e. The lowest BCUT2D eigenvalue weighted by Gasteiger charge is -2.25. The monoisotopic (exact) mass is 286 g/mol. The number of hydrogen-bond donors (Lipinski definition) is 2. The summed E-state index contributed by atoms with van der Waals surface area (Å²) >= 11 is 0. The van der Waals surface area contributed by atoms with Gasteiger partial charge in [-0.15, -0.1) is 0 Å². The lowest BCUT2D eigenvalue weighted by molar-refractivity contribution is 0.0938. The van der Waals surface area contributed by atoms with E-state index in [1.807, 2.05) is 48.4 Å². The number of carbonyl (C=O) groups is 1. The van der Waals surface area contributed by atoms with Crippen molar-refractivity contribution in [3.05, 3.63) is 48.0 Å². The van der Waals surface area contributed by atoms with E-state index in [9.17, 15) is 4.79 Å². The van der Waals surface area contributed by atoms with Gasteiger partial charge >= 0.3 is 0 Å². The van der Waals surface area contributed by atoms with Crippen molar-refractivity contribution in [2.24, 2.45) is 7.05 Å². The number of piperidine rings is 1. The standard InChI is InChI=1S/C16H22N4O/c1-19-10-6-13(12-19)11-18-16(21)15-3-2-9-20(15)14-4-7-17-8-5-14/h2-3,6,9-10,12,14,17H,4-5,7-8,11H2,1H3,(H,18,21). The second-order valence-corrected chi connectivity index (χ2v) is 5.65. The molecule has 112 valence electrons. The molecule has 0 saturated carbocycles. The molecule has 3 rings (SSSR count). The molecule has 21 heavy (non-hydrogen) atoms. The van der Waals surface area contributed by atoms with Crippen molar-refractivity contribution in [3.63, 3.8) is 0 Å². The van der Waals surface area contributed by atoms with Crippen molar-refractivity contribution in [3.8, 4) is 0 Å². The highest BCUT2D eigenvalue weighted by Crippen LogP contribution is 2.21. The Labute approximate surface area is 125 Å². The fraction of sp³-hybridized carbons (Fsp3) is 0.438. The Kier molecular flexibility index (Phi) is 4.10. The second kappa shape index (κ2) is 6.18. The maximum atomic E-state index is 12.4. The summed E-state index contributed by atoms with van der Waals surface area (Å²) in [5.41, 5.74) is 1.88. The van der Waals surface area contributed by atoms with Crippen LogP contribution in [0.1, 0.15) is 34.9 Å². The van der Waals surface area contributed by atoms with Gasteiger partial charge in [-0.2, -0.15) is 0 Å². The van der Waals surface area contributed by atoms with Crippen molar-refractivity contribution in [2.45, 2.75) is 25.4 Å². The molecule has 5 heteroatoms. The molecular formula is C16H22N4O. The van der Waals surface area contributed by atoms with Gasteiger partial charge in [-0.25, -0.2) is 0 Å². The molecule has 1 aliphatic heterocycles. The molecule has 0 atom stereocenters. The zero-order chi connectivity index (χ0) is 14.7. The average molecular weight is 286 g/mol. The van der Waals surface area contributed by atoms with Gasteiger partial charge in [0.2, 0.25) is 0 Å². The first kappa shape index (κ1) is 13.9. The van der Waals surface area contributed by atoms with Crippen molar-refractivity contribution >= 4 is 5.91 Å². The molecule has 5 nitrogen and oxygen atoms in total. The number of nitrogens with zero attached hydrogens (tertiary/aromatic N) is 2. The number of hydrogen-bond acceptors (Lipinski definition) is 2. The molecule has 2 aromatic heterocycles.